The summed E-state index contributed by atoms with van der Waals surface area (Å²) in [6.45, 7) is 3.25. The van der Waals surface area contributed by atoms with Crippen molar-refractivity contribution in [1.82, 2.24) is 24.9 Å². The Balaban J connectivity index is 1.66. The lowest BCUT2D eigenvalue weighted by Crippen LogP contribution is -2.08. The molecule has 0 aliphatic heterocycles. The first-order valence-electron chi connectivity index (χ1n) is 6.39. The summed E-state index contributed by atoms with van der Waals surface area (Å²) in [6, 6.07) is 0. The Morgan fingerprint density at radius 1 is 1.42 bits per heavy atom. The van der Waals surface area contributed by atoms with Gasteiger partial charge in [0.05, 0.1) is 12.3 Å². The van der Waals surface area contributed by atoms with E-state index in [1.165, 1.54) is 12.8 Å². The van der Waals surface area contributed by atoms with E-state index in [2.05, 4.69) is 20.3 Å². The quantitative estimate of drug-likeness (QED) is 0.797. The molecule has 0 atom stereocenters. The zero-order valence-corrected chi connectivity index (χ0v) is 11.6. The lowest BCUT2D eigenvalue weighted by atomic mass is 10.4. The molecule has 2 heterocycles. The van der Waals surface area contributed by atoms with Crippen molar-refractivity contribution in [2.75, 3.05) is 0 Å². The fraction of sp³-hybridized carbons (Fsp3) is 0.636. The molecule has 102 valence electrons. The number of rotatable bonds is 6. The molecule has 1 fully saturated rings. The third-order valence-corrected chi connectivity index (χ3v) is 3.99. The van der Waals surface area contributed by atoms with Gasteiger partial charge in [-0.15, -0.1) is 10.2 Å². The van der Waals surface area contributed by atoms with Gasteiger partial charge in [0.25, 0.3) is 0 Å². The molecule has 0 amide bonds. The summed E-state index contributed by atoms with van der Waals surface area (Å²) in [5, 5.41) is 13.0. The second-order valence-corrected chi connectivity index (χ2v) is 5.40. The molecule has 1 aliphatic carbocycles. The van der Waals surface area contributed by atoms with Crippen molar-refractivity contribution in [3.05, 3.63) is 17.5 Å². The van der Waals surface area contributed by atoms with E-state index in [4.69, 9.17) is 10.3 Å². The van der Waals surface area contributed by atoms with E-state index in [0.717, 1.165) is 23.4 Å². The monoisotopic (exact) mass is 280 g/mol. The predicted molar refractivity (Wildman–Crippen MR) is 69.4 cm³/mol. The molecule has 2 aromatic heterocycles. The normalized spacial score (nSPS) is 15.1. The van der Waals surface area contributed by atoms with Crippen molar-refractivity contribution in [2.45, 2.75) is 49.7 Å². The maximum absolute atomic E-state index is 5.62. The Labute approximate surface area is 115 Å². The lowest BCUT2D eigenvalue weighted by molar-refractivity contribution is 0.385. The highest BCUT2D eigenvalue weighted by atomic mass is 32.2. The molecular weight excluding hydrogens is 264 g/mol. The molecule has 0 unspecified atom stereocenters. The topological polar surface area (TPSA) is 95.7 Å². The molecule has 0 aromatic carbocycles. The summed E-state index contributed by atoms with van der Waals surface area (Å²) in [5.41, 5.74) is 5.62. The van der Waals surface area contributed by atoms with Gasteiger partial charge >= 0.3 is 0 Å². The van der Waals surface area contributed by atoms with Gasteiger partial charge in [-0.05, 0) is 19.8 Å². The first-order valence-corrected chi connectivity index (χ1v) is 7.37. The Morgan fingerprint density at radius 3 is 2.95 bits per heavy atom. The van der Waals surface area contributed by atoms with Gasteiger partial charge in [0.2, 0.25) is 5.89 Å². The Bertz CT molecular complexity index is 561. The molecule has 2 N–H and O–H groups in total. The number of nitrogens with zero attached hydrogens (tertiary/aromatic N) is 5. The maximum atomic E-state index is 5.62. The van der Waals surface area contributed by atoms with Gasteiger partial charge in [0, 0.05) is 12.5 Å². The van der Waals surface area contributed by atoms with Crippen LogP contribution in [0.2, 0.25) is 0 Å². The van der Waals surface area contributed by atoms with Gasteiger partial charge in [0.15, 0.2) is 11.0 Å². The van der Waals surface area contributed by atoms with Crippen molar-refractivity contribution in [1.29, 1.82) is 0 Å². The summed E-state index contributed by atoms with van der Waals surface area (Å²) in [7, 11) is 0. The smallest absolute Gasteiger partial charge is 0.237 e. The number of aromatic nitrogens is 5. The van der Waals surface area contributed by atoms with Crippen LogP contribution < -0.4 is 5.73 Å². The van der Waals surface area contributed by atoms with Crippen molar-refractivity contribution >= 4 is 11.8 Å². The third-order valence-electron chi connectivity index (χ3n) is 3.04. The molecule has 0 radical (unpaired) electrons. The van der Waals surface area contributed by atoms with Crippen LogP contribution in [0.1, 0.15) is 43.2 Å². The van der Waals surface area contributed by atoms with Crippen LogP contribution in [0.4, 0.5) is 0 Å². The van der Waals surface area contributed by atoms with E-state index in [9.17, 15) is 0 Å². The van der Waals surface area contributed by atoms with Crippen LogP contribution in [0, 0.1) is 0 Å². The molecule has 8 heteroatoms. The van der Waals surface area contributed by atoms with Gasteiger partial charge in [-0.1, -0.05) is 16.9 Å². The summed E-state index contributed by atoms with van der Waals surface area (Å²) < 4.78 is 7.23. The van der Waals surface area contributed by atoms with Crippen LogP contribution in [0.3, 0.4) is 0 Å². The lowest BCUT2D eigenvalue weighted by Gasteiger charge is -2.04. The van der Waals surface area contributed by atoms with Gasteiger partial charge < -0.3 is 14.8 Å². The van der Waals surface area contributed by atoms with Crippen molar-refractivity contribution < 1.29 is 4.52 Å². The van der Waals surface area contributed by atoms with E-state index in [1.807, 2.05) is 11.5 Å². The minimum atomic E-state index is 0.397. The van der Waals surface area contributed by atoms with Gasteiger partial charge in [-0.2, -0.15) is 4.98 Å². The highest BCUT2D eigenvalue weighted by Crippen LogP contribution is 2.38. The molecule has 2 aromatic rings. The van der Waals surface area contributed by atoms with E-state index in [-0.39, 0.29) is 0 Å². The van der Waals surface area contributed by atoms with Crippen LogP contribution in [0.15, 0.2) is 9.68 Å². The Hall–Kier alpha value is -1.41. The first-order chi connectivity index (χ1) is 9.31. The zero-order chi connectivity index (χ0) is 13.2. The fourth-order valence-electron chi connectivity index (χ4n) is 1.85. The molecule has 7 nitrogen and oxygen atoms in total. The molecule has 19 heavy (non-hydrogen) atoms. The number of nitrogens with two attached hydrogens (primary N) is 1. The van der Waals surface area contributed by atoms with E-state index >= 15 is 0 Å². The Kier molecular flexibility index (Phi) is 3.52. The predicted octanol–water partition coefficient (Wildman–Crippen LogP) is 1.31. The summed E-state index contributed by atoms with van der Waals surface area (Å²) >= 11 is 1.54. The van der Waals surface area contributed by atoms with Crippen molar-refractivity contribution in [2.24, 2.45) is 5.73 Å². The van der Waals surface area contributed by atoms with Crippen molar-refractivity contribution in [3.63, 3.8) is 0 Å². The fourth-order valence-corrected chi connectivity index (χ4v) is 2.71. The molecule has 0 bridgehead atoms. The highest BCUT2D eigenvalue weighted by Gasteiger charge is 2.28. The molecule has 3 rings (SSSR count). The molecule has 1 saturated carbocycles. The average Bonchev–Trinajstić information content (AvgIpc) is 3.04. The standard InChI is InChI=1S/C11H16N6OS/c1-2-17-8(5-12)14-15-11(17)19-6-9-13-10(16-18-9)7-3-4-7/h7H,2-6,12H2,1H3. The number of hydrogen-bond donors (Lipinski definition) is 1. The second-order valence-electron chi connectivity index (χ2n) is 4.46. The summed E-state index contributed by atoms with van der Waals surface area (Å²) in [4.78, 5) is 4.39. The Morgan fingerprint density at radius 2 is 2.26 bits per heavy atom. The molecule has 0 spiro atoms. The average molecular weight is 280 g/mol. The SMILES string of the molecule is CCn1c(CN)nnc1SCc1nc(C2CC2)no1. The highest BCUT2D eigenvalue weighted by molar-refractivity contribution is 7.98. The van der Waals surface area contributed by atoms with E-state index in [1.54, 1.807) is 11.8 Å². The van der Waals surface area contributed by atoms with E-state index < -0.39 is 0 Å². The summed E-state index contributed by atoms with van der Waals surface area (Å²) in [6.07, 6.45) is 2.35. The number of thioether (sulfide) groups is 1. The van der Waals surface area contributed by atoms with Gasteiger partial charge in [-0.3, -0.25) is 0 Å². The third kappa shape index (κ3) is 2.64. The van der Waals surface area contributed by atoms with Crippen molar-refractivity contribution in [3.8, 4) is 0 Å². The van der Waals surface area contributed by atoms with Crippen LogP contribution >= 0.6 is 11.8 Å². The minimum absolute atomic E-state index is 0.397. The van der Waals surface area contributed by atoms with Crippen LogP contribution in [0.5, 0.6) is 0 Å². The zero-order valence-electron chi connectivity index (χ0n) is 10.7. The second kappa shape index (κ2) is 5.30. The minimum Gasteiger partial charge on any atom is -0.338 e. The maximum Gasteiger partial charge on any atom is 0.237 e. The summed E-state index contributed by atoms with van der Waals surface area (Å²) in [5.74, 6) is 3.42. The molecular formula is C11H16N6OS. The number of hydrogen-bond acceptors (Lipinski definition) is 7. The van der Waals surface area contributed by atoms with Crippen LogP contribution in [0.25, 0.3) is 0 Å². The first kappa shape index (κ1) is 12.6. The molecule has 1 aliphatic rings. The largest absolute Gasteiger partial charge is 0.338 e. The molecule has 0 saturated heterocycles. The van der Waals surface area contributed by atoms with Crippen LogP contribution in [-0.4, -0.2) is 24.9 Å². The van der Waals surface area contributed by atoms with Gasteiger partial charge in [-0.25, -0.2) is 0 Å². The van der Waals surface area contributed by atoms with Crippen LogP contribution in [-0.2, 0) is 18.8 Å². The van der Waals surface area contributed by atoms with Gasteiger partial charge in [0.1, 0.15) is 5.82 Å². The van der Waals surface area contributed by atoms with E-state index in [0.29, 0.717) is 24.1 Å².